The van der Waals surface area contributed by atoms with E-state index in [1.807, 2.05) is 24.3 Å². The van der Waals surface area contributed by atoms with E-state index in [1.165, 1.54) is 0 Å². The number of methoxy groups -OCH3 is 2. The lowest BCUT2D eigenvalue weighted by molar-refractivity contribution is 0.180. The number of hydrogen-bond acceptors (Lipinski definition) is 7. The van der Waals surface area contributed by atoms with Crippen molar-refractivity contribution in [3.05, 3.63) is 30.2 Å². The van der Waals surface area contributed by atoms with Gasteiger partial charge in [-0.1, -0.05) is 11.6 Å². The number of benzene rings is 1. The van der Waals surface area contributed by atoms with Gasteiger partial charge in [0, 0.05) is 58.9 Å². The number of likely N-dealkylation sites (N-methyl/N-ethyl adjacent to an activating group) is 1. The van der Waals surface area contributed by atoms with E-state index in [9.17, 15) is 0 Å². The van der Waals surface area contributed by atoms with Gasteiger partial charge in [-0.15, -0.1) is 24.0 Å². The summed E-state index contributed by atoms with van der Waals surface area (Å²) in [4.78, 5) is 11.1. The van der Waals surface area contributed by atoms with Crippen molar-refractivity contribution >= 4 is 29.9 Å². The summed E-state index contributed by atoms with van der Waals surface area (Å²) in [7, 11) is 7.31. The summed E-state index contributed by atoms with van der Waals surface area (Å²) in [5, 5.41) is 10.8. The lowest BCUT2D eigenvalue weighted by Crippen LogP contribution is -2.41. The van der Waals surface area contributed by atoms with Gasteiger partial charge in [0.1, 0.15) is 5.75 Å². The zero-order valence-corrected chi connectivity index (χ0v) is 22.6. The van der Waals surface area contributed by atoms with E-state index in [4.69, 9.17) is 14.0 Å². The number of rotatable bonds is 15. The van der Waals surface area contributed by atoms with Crippen LogP contribution in [0.15, 0.2) is 33.8 Å². The molecule has 0 saturated carbocycles. The maximum Gasteiger partial charge on any atom is 0.226 e. The van der Waals surface area contributed by atoms with Crippen LogP contribution >= 0.6 is 24.0 Å². The number of aromatic nitrogens is 2. The number of nitrogens with one attached hydrogen (secondary N) is 2. The van der Waals surface area contributed by atoms with Gasteiger partial charge in [-0.05, 0) is 50.6 Å². The van der Waals surface area contributed by atoms with Gasteiger partial charge in [-0.25, -0.2) is 0 Å². The standard InChI is InChI=1S/C23H38N6O3.HI/c1-24-23(26-15-17-29(2)16-8-18-30-3)25-14-7-5-6-9-21-27-22(28-32-21)19-10-12-20(31-4)13-11-19;/h10-13H,5-9,14-18H2,1-4H3,(H2,24,25,26);1H. The van der Waals surface area contributed by atoms with Crippen molar-refractivity contribution in [1.29, 1.82) is 0 Å². The summed E-state index contributed by atoms with van der Waals surface area (Å²) in [6, 6.07) is 7.64. The van der Waals surface area contributed by atoms with Crippen LogP contribution in [0.3, 0.4) is 0 Å². The summed E-state index contributed by atoms with van der Waals surface area (Å²) in [5.41, 5.74) is 0.921. The molecule has 1 aromatic heterocycles. The Bertz CT molecular complexity index is 785. The average molecular weight is 575 g/mol. The molecule has 0 aliphatic carbocycles. The molecular weight excluding hydrogens is 535 g/mol. The third-order valence-corrected chi connectivity index (χ3v) is 5.07. The van der Waals surface area contributed by atoms with Crippen LogP contribution < -0.4 is 15.4 Å². The Labute approximate surface area is 214 Å². The Balaban J connectivity index is 0.00000544. The van der Waals surface area contributed by atoms with E-state index in [1.54, 1.807) is 21.3 Å². The molecule has 0 spiro atoms. The van der Waals surface area contributed by atoms with Gasteiger partial charge in [-0.3, -0.25) is 4.99 Å². The molecule has 0 saturated heterocycles. The second kappa shape index (κ2) is 17.5. The fraction of sp³-hybridized carbons (Fsp3) is 0.609. The molecule has 2 N–H and O–H groups in total. The van der Waals surface area contributed by atoms with E-state index >= 15 is 0 Å². The highest BCUT2D eigenvalue weighted by Crippen LogP contribution is 2.20. The number of aliphatic imine (C=N–C) groups is 1. The highest BCUT2D eigenvalue weighted by molar-refractivity contribution is 14.0. The van der Waals surface area contributed by atoms with Crippen LogP contribution in [0.4, 0.5) is 0 Å². The Morgan fingerprint density at radius 3 is 2.48 bits per heavy atom. The Hall–Kier alpha value is -1.92. The summed E-state index contributed by atoms with van der Waals surface area (Å²) in [6.07, 6.45) is 4.96. The predicted octanol–water partition coefficient (Wildman–Crippen LogP) is 3.21. The Morgan fingerprint density at radius 2 is 1.79 bits per heavy atom. The number of ether oxygens (including phenoxy) is 2. The van der Waals surface area contributed by atoms with Gasteiger partial charge in [0.25, 0.3) is 0 Å². The van der Waals surface area contributed by atoms with Crippen molar-refractivity contribution in [1.82, 2.24) is 25.7 Å². The molecule has 33 heavy (non-hydrogen) atoms. The molecule has 2 aromatic rings. The predicted molar refractivity (Wildman–Crippen MR) is 143 cm³/mol. The van der Waals surface area contributed by atoms with Gasteiger partial charge in [0.2, 0.25) is 11.7 Å². The third-order valence-electron chi connectivity index (χ3n) is 5.07. The maximum absolute atomic E-state index is 5.38. The van der Waals surface area contributed by atoms with Crippen molar-refractivity contribution in [2.24, 2.45) is 4.99 Å². The number of halogens is 1. The molecule has 1 aromatic carbocycles. The number of hydrogen-bond donors (Lipinski definition) is 2. The van der Waals surface area contributed by atoms with Gasteiger partial charge in [-0.2, -0.15) is 4.98 Å². The summed E-state index contributed by atoms with van der Waals surface area (Å²) in [6.45, 7) is 4.54. The minimum absolute atomic E-state index is 0. The highest BCUT2D eigenvalue weighted by Gasteiger charge is 2.08. The zero-order valence-electron chi connectivity index (χ0n) is 20.3. The van der Waals surface area contributed by atoms with E-state index < -0.39 is 0 Å². The van der Waals surface area contributed by atoms with Crippen molar-refractivity contribution < 1.29 is 14.0 Å². The monoisotopic (exact) mass is 574 g/mol. The SMILES string of the molecule is CN=C(NCCCCCc1nc(-c2ccc(OC)cc2)no1)NCCN(C)CCCOC.I. The first-order chi connectivity index (χ1) is 15.7. The molecule has 0 atom stereocenters. The van der Waals surface area contributed by atoms with Crippen LogP contribution in [0, 0.1) is 0 Å². The average Bonchev–Trinajstić information content (AvgIpc) is 3.29. The molecule has 9 nitrogen and oxygen atoms in total. The molecule has 0 unspecified atom stereocenters. The van der Waals surface area contributed by atoms with E-state index in [2.05, 4.69) is 37.7 Å². The topological polar surface area (TPSA) is 97.0 Å². The Morgan fingerprint density at radius 1 is 1.03 bits per heavy atom. The molecule has 0 amide bonds. The fourth-order valence-corrected chi connectivity index (χ4v) is 3.17. The van der Waals surface area contributed by atoms with Crippen molar-refractivity contribution in [2.45, 2.75) is 32.1 Å². The summed E-state index contributed by atoms with van der Waals surface area (Å²) < 4.78 is 15.6. The molecule has 0 radical (unpaired) electrons. The first kappa shape index (κ1) is 29.1. The second-order valence-electron chi connectivity index (χ2n) is 7.63. The molecule has 10 heteroatoms. The fourth-order valence-electron chi connectivity index (χ4n) is 3.17. The van der Waals surface area contributed by atoms with Crippen LogP contribution in [0.2, 0.25) is 0 Å². The molecule has 0 aliphatic heterocycles. The van der Waals surface area contributed by atoms with Crippen LogP contribution in [0.25, 0.3) is 11.4 Å². The molecule has 0 aliphatic rings. The largest absolute Gasteiger partial charge is 0.497 e. The number of guanidine groups is 1. The van der Waals surface area contributed by atoms with Gasteiger partial charge < -0.3 is 29.5 Å². The van der Waals surface area contributed by atoms with Crippen molar-refractivity contribution in [2.75, 3.05) is 61.1 Å². The first-order valence-corrected chi connectivity index (χ1v) is 11.2. The van der Waals surface area contributed by atoms with Crippen molar-refractivity contribution in [3.8, 4) is 17.1 Å². The van der Waals surface area contributed by atoms with E-state index in [0.717, 1.165) is 82.2 Å². The molecular formula is C23H39IN6O3. The van der Waals surface area contributed by atoms with Gasteiger partial charge in [0.05, 0.1) is 7.11 Å². The first-order valence-electron chi connectivity index (χ1n) is 11.2. The minimum Gasteiger partial charge on any atom is -0.497 e. The van der Waals surface area contributed by atoms with Crippen LogP contribution in [0.5, 0.6) is 5.75 Å². The lowest BCUT2D eigenvalue weighted by Gasteiger charge is -2.18. The lowest BCUT2D eigenvalue weighted by atomic mass is 10.2. The quantitative estimate of drug-likeness (QED) is 0.145. The third kappa shape index (κ3) is 11.7. The maximum atomic E-state index is 5.38. The molecule has 186 valence electrons. The smallest absolute Gasteiger partial charge is 0.226 e. The highest BCUT2D eigenvalue weighted by atomic mass is 127. The van der Waals surface area contributed by atoms with E-state index in [-0.39, 0.29) is 24.0 Å². The summed E-state index contributed by atoms with van der Waals surface area (Å²) >= 11 is 0. The van der Waals surface area contributed by atoms with Gasteiger partial charge in [0.15, 0.2) is 5.96 Å². The van der Waals surface area contributed by atoms with Crippen LogP contribution in [0.1, 0.15) is 31.6 Å². The molecule has 2 rings (SSSR count). The summed E-state index contributed by atoms with van der Waals surface area (Å²) in [5.74, 6) is 2.94. The minimum atomic E-state index is 0. The zero-order chi connectivity index (χ0) is 23.0. The molecule has 1 heterocycles. The normalized spacial score (nSPS) is 11.4. The molecule has 0 fully saturated rings. The van der Waals surface area contributed by atoms with E-state index in [0.29, 0.717) is 11.7 Å². The van der Waals surface area contributed by atoms with Crippen molar-refractivity contribution in [3.63, 3.8) is 0 Å². The number of nitrogens with zero attached hydrogens (tertiary/aromatic N) is 4. The van der Waals surface area contributed by atoms with Crippen LogP contribution in [-0.2, 0) is 11.2 Å². The Kier molecular flexibility index (Phi) is 15.5. The number of aryl methyl sites for hydroxylation is 1. The number of unbranched alkanes of at least 4 members (excludes halogenated alkanes) is 2. The second-order valence-corrected chi connectivity index (χ2v) is 7.63. The van der Waals surface area contributed by atoms with Crippen LogP contribution in [-0.4, -0.2) is 82.1 Å². The molecule has 0 bridgehead atoms. The van der Waals surface area contributed by atoms with Gasteiger partial charge >= 0.3 is 0 Å².